The zero-order chi connectivity index (χ0) is 14.9. The van der Waals surface area contributed by atoms with E-state index in [4.69, 9.17) is 4.74 Å². The zero-order valence-electron chi connectivity index (χ0n) is 12.8. The summed E-state index contributed by atoms with van der Waals surface area (Å²) in [7, 11) is 0. The molecule has 1 aromatic heterocycles. The van der Waals surface area contributed by atoms with Crippen molar-refractivity contribution in [1.29, 1.82) is 0 Å². The molecule has 1 amide bonds. The second-order valence-corrected chi connectivity index (χ2v) is 7.41. The normalized spacial score (nSPS) is 29.0. The van der Waals surface area contributed by atoms with Crippen molar-refractivity contribution >= 4 is 17.2 Å². The third-order valence-electron chi connectivity index (χ3n) is 4.72. The van der Waals surface area contributed by atoms with Crippen LogP contribution in [0.1, 0.15) is 44.2 Å². The van der Waals surface area contributed by atoms with Crippen LogP contribution in [0.15, 0.2) is 17.5 Å². The van der Waals surface area contributed by atoms with Gasteiger partial charge in [-0.15, -0.1) is 11.3 Å². The van der Waals surface area contributed by atoms with Crippen molar-refractivity contribution in [2.24, 2.45) is 5.41 Å². The fraction of sp³-hybridized carbons (Fsp3) is 0.688. The minimum Gasteiger partial charge on any atom is -0.381 e. The molecule has 2 aliphatic heterocycles. The second-order valence-electron chi connectivity index (χ2n) is 6.43. The van der Waals surface area contributed by atoms with Crippen LogP contribution in [0.2, 0.25) is 0 Å². The minimum absolute atomic E-state index is 0.0412. The van der Waals surface area contributed by atoms with E-state index in [1.165, 1.54) is 4.88 Å². The van der Waals surface area contributed by atoms with Gasteiger partial charge < -0.3 is 9.64 Å². The van der Waals surface area contributed by atoms with E-state index in [9.17, 15) is 4.79 Å². The number of nitrogens with zero attached hydrogens (tertiary/aromatic N) is 1. The molecule has 2 atom stereocenters. The smallest absolute Gasteiger partial charge is 0.241 e. The first-order valence-corrected chi connectivity index (χ1v) is 8.69. The molecule has 2 unspecified atom stereocenters. The van der Waals surface area contributed by atoms with Crippen LogP contribution in [0.5, 0.6) is 0 Å². The molecule has 4 nitrogen and oxygen atoms in total. The van der Waals surface area contributed by atoms with Gasteiger partial charge in [0, 0.05) is 24.6 Å². The van der Waals surface area contributed by atoms with Crippen molar-refractivity contribution in [3.05, 3.63) is 22.4 Å². The maximum absolute atomic E-state index is 12.7. The van der Waals surface area contributed by atoms with Gasteiger partial charge in [0.1, 0.15) is 6.17 Å². The fourth-order valence-corrected chi connectivity index (χ4v) is 4.05. The average molecular weight is 308 g/mol. The Balaban J connectivity index is 1.80. The van der Waals surface area contributed by atoms with Crippen LogP contribution in [-0.2, 0) is 9.53 Å². The molecular formula is C16H24N2O2S. The highest BCUT2D eigenvalue weighted by Gasteiger charge is 2.42. The standard InChI is InChI=1S/C16H24N2O2S/c1-3-12-15(19)18(11-16(2)6-8-20-9-7-16)14(17-12)13-5-4-10-21-13/h4-5,10,12,14,17H,3,6-9,11H2,1-2H3. The molecule has 0 spiro atoms. The quantitative estimate of drug-likeness (QED) is 0.930. The van der Waals surface area contributed by atoms with Crippen LogP contribution in [0, 0.1) is 5.41 Å². The Hall–Kier alpha value is -0.910. The van der Waals surface area contributed by atoms with Crippen LogP contribution < -0.4 is 5.32 Å². The molecule has 2 aliphatic rings. The molecule has 3 heterocycles. The molecule has 3 rings (SSSR count). The number of amides is 1. The molecule has 116 valence electrons. The summed E-state index contributed by atoms with van der Waals surface area (Å²) in [5.74, 6) is 0.253. The Bertz CT molecular complexity index is 482. The first kappa shape index (κ1) is 15.0. The van der Waals surface area contributed by atoms with E-state index < -0.39 is 0 Å². The van der Waals surface area contributed by atoms with E-state index in [1.807, 2.05) is 0 Å². The molecule has 0 saturated carbocycles. The summed E-state index contributed by atoms with van der Waals surface area (Å²) in [6.45, 7) is 6.80. The van der Waals surface area contributed by atoms with Crippen LogP contribution >= 0.6 is 11.3 Å². The summed E-state index contributed by atoms with van der Waals surface area (Å²) in [6, 6.07) is 4.13. The van der Waals surface area contributed by atoms with Gasteiger partial charge in [-0.25, -0.2) is 0 Å². The SMILES string of the molecule is CCC1NC(c2cccs2)N(CC2(C)CCOCC2)C1=O. The van der Waals surface area contributed by atoms with Crippen molar-refractivity contribution in [2.45, 2.75) is 45.3 Å². The number of carbonyl (C=O) groups is 1. The lowest BCUT2D eigenvalue weighted by molar-refractivity contribution is -0.132. The summed E-state index contributed by atoms with van der Waals surface area (Å²) in [6.07, 6.45) is 2.95. The van der Waals surface area contributed by atoms with Gasteiger partial charge in [-0.05, 0) is 36.1 Å². The maximum atomic E-state index is 12.7. The zero-order valence-corrected chi connectivity index (χ0v) is 13.6. The van der Waals surface area contributed by atoms with Crippen LogP contribution in [0.4, 0.5) is 0 Å². The van der Waals surface area contributed by atoms with Crippen LogP contribution in [0.25, 0.3) is 0 Å². The molecule has 2 saturated heterocycles. The number of ether oxygens (including phenoxy) is 1. The third kappa shape index (κ3) is 3.00. The summed E-state index contributed by atoms with van der Waals surface area (Å²) in [5.41, 5.74) is 0.174. The lowest BCUT2D eigenvalue weighted by atomic mass is 9.82. The van der Waals surface area contributed by atoms with Gasteiger partial charge in [-0.2, -0.15) is 0 Å². The lowest BCUT2D eigenvalue weighted by Gasteiger charge is -2.38. The van der Waals surface area contributed by atoms with Crippen LogP contribution in [0.3, 0.4) is 0 Å². The number of rotatable bonds is 4. The Kier molecular flexibility index (Phi) is 4.33. The van der Waals surface area contributed by atoms with Gasteiger partial charge >= 0.3 is 0 Å². The molecule has 0 bridgehead atoms. The van der Waals surface area contributed by atoms with Gasteiger partial charge in [0.2, 0.25) is 5.91 Å². The average Bonchev–Trinajstić information content (AvgIpc) is 3.09. The van der Waals surface area contributed by atoms with Crippen molar-refractivity contribution < 1.29 is 9.53 Å². The molecule has 0 aliphatic carbocycles. The Morgan fingerprint density at radius 3 is 2.86 bits per heavy atom. The summed E-state index contributed by atoms with van der Waals surface area (Å²) in [4.78, 5) is 16.0. The summed E-state index contributed by atoms with van der Waals surface area (Å²) in [5, 5.41) is 5.58. The molecule has 1 aromatic rings. The predicted octanol–water partition coefficient (Wildman–Crippen LogP) is 2.77. The molecule has 0 radical (unpaired) electrons. The number of nitrogens with one attached hydrogen (secondary N) is 1. The molecule has 2 fully saturated rings. The predicted molar refractivity (Wildman–Crippen MR) is 84.1 cm³/mol. The van der Waals surface area contributed by atoms with Gasteiger partial charge in [-0.3, -0.25) is 10.1 Å². The van der Waals surface area contributed by atoms with Crippen molar-refractivity contribution in [3.8, 4) is 0 Å². The Labute approximate surface area is 130 Å². The van der Waals surface area contributed by atoms with E-state index in [0.29, 0.717) is 0 Å². The minimum atomic E-state index is -0.0412. The second kappa shape index (κ2) is 6.07. The molecule has 0 aromatic carbocycles. The highest BCUT2D eigenvalue weighted by Crippen LogP contribution is 2.36. The number of hydrogen-bond donors (Lipinski definition) is 1. The summed E-state index contributed by atoms with van der Waals surface area (Å²) >= 11 is 1.72. The van der Waals surface area contributed by atoms with Crippen molar-refractivity contribution in [2.75, 3.05) is 19.8 Å². The van der Waals surface area contributed by atoms with E-state index in [1.54, 1.807) is 11.3 Å². The number of thiophene rings is 1. The van der Waals surface area contributed by atoms with Gasteiger partial charge in [0.05, 0.1) is 6.04 Å². The van der Waals surface area contributed by atoms with E-state index in [2.05, 4.69) is 41.6 Å². The van der Waals surface area contributed by atoms with E-state index in [-0.39, 0.29) is 23.5 Å². The van der Waals surface area contributed by atoms with Crippen molar-refractivity contribution in [1.82, 2.24) is 10.2 Å². The monoisotopic (exact) mass is 308 g/mol. The van der Waals surface area contributed by atoms with Gasteiger partial charge in [-0.1, -0.05) is 19.9 Å². The topological polar surface area (TPSA) is 41.6 Å². The largest absolute Gasteiger partial charge is 0.381 e. The third-order valence-corrected chi connectivity index (χ3v) is 5.65. The fourth-order valence-electron chi connectivity index (χ4n) is 3.26. The highest BCUT2D eigenvalue weighted by molar-refractivity contribution is 7.10. The lowest BCUT2D eigenvalue weighted by Crippen LogP contribution is -2.42. The van der Waals surface area contributed by atoms with E-state index >= 15 is 0 Å². The molecule has 5 heteroatoms. The Morgan fingerprint density at radius 1 is 1.48 bits per heavy atom. The van der Waals surface area contributed by atoms with E-state index in [0.717, 1.165) is 39.0 Å². The molecule has 21 heavy (non-hydrogen) atoms. The maximum Gasteiger partial charge on any atom is 0.241 e. The molecule has 1 N–H and O–H groups in total. The molecular weight excluding hydrogens is 284 g/mol. The summed E-state index contributed by atoms with van der Waals surface area (Å²) < 4.78 is 5.48. The first-order chi connectivity index (χ1) is 10.1. The Morgan fingerprint density at radius 2 is 2.24 bits per heavy atom. The first-order valence-electron chi connectivity index (χ1n) is 7.81. The van der Waals surface area contributed by atoms with Gasteiger partial charge in [0.15, 0.2) is 0 Å². The van der Waals surface area contributed by atoms with Crippen molar-refractivity contribution in [3.63, 3.8) is 0 Å². The van der Waals surface area contributed by atoms with Gasteiger partial charge in [0.25, 0.3) is 0 Å². The number of hydrogen-bond acceptors (Lipinski definition) is 4. The van der Waals surface area contributed by atoms with Crippen LogP contribution in [-0.4, -0.2) is 36.6 Å². The number of carbonyl (C=O) groups excluding carboxylic acids is 1. The highest BCUT2D eigenvalue weighted by atomic mass is 32.1.